The van der Waals surface area contributed by atoms with E-state index >= 15 is 0 Å². The van der Waals surface area contributed by atoms with Crippen molar-refractivity contribution in [3.8, 4) is 11.1 Å². The molecule has 0 aliphatic heterocycles. The Labute approximate surface area is 299 Å². The monoisotopic (exact) mass is 659 g/mol. The maximum Gasteiger partial charge on any atom is 0.0673 e. The van der Waals surface area contributed by atoms with E-state index in [-0.39, 0.29) is 12.0 Å². The molecular formula is C48H41N3. The van der Waals surface area contributed by atoms with Gasteiger partial charge in [0.2, 0.25) is 0 Å². The fourth-order valence-electron chi connectivity index (χ4n) is 8.40. The highest BCUT2D eigenvalue weighted by atomic mass is 15.0. The third-order valence-corrected chi connectivity index (χ3v) is 11.1. The Morgan fingerprint density at radius 1 is 0.569 bits per heavy atom. The molecule has 0 saturated carbocycles. The zero-order valence-electron chi connectivity index (χ0n) is 28.6. The van der Waals surface area contributed by atoms with E-state index in [1.165, 1.54) is 66.0 Å². The van der Waals surface area contributed by atoms with Gasteiger partial charge in [-0.2, -0.15) is 0 Å². The van der Waals surface area contributed by atoms with Crippen LogP contribution in [0, 0.1) is 5.92 Å². The van der Waals surface area contributed by atoms with Crippen LogP contribution in [-0.4, -0.2) is 10.6 Å². The van der Waals surface area contributed by atoms with Gasteiger partial charge in [-0.1, -0.05) is 164 Å². The van der Waals surface area contributed by atoms with Gasteiger partial charge in [0.1, 0.15) is 0 Å². The fraction of sp³-hybridized carbons (Fsp3) is 0.125. The second-order valence-electron chi connectivity index (χ2n) is 14.1. The van der Waals surface area contributed by atoms with Gasteiger partial charge in [0.15, 0.2) is 0 Å². The van der Waals surface area contributed by atoms with Crippen molar-refractivity contribution in [2.24, 2.45) is 17.4 Å². The van der Waals surface area contributed by atoms with Crippen LogP contribution in [-0.2, 0) is 12.1 Å². The zero-order chi connectivity index (χ0) is 34.4. The van der Waals surface area contributed by atoms with E-state index in [0.29, 0.717) is 6.54 Å². The number of fused-ring (bicyclic) bond motifs is 5. The van der Waals surface area contributed by atoms with Gasteiger partial charge in [0.25, 0.3) is 0 Å². The van der Waals surface area contributed by atoms with E-state index in [0.717, 1.165) is 18.4 Å². The lowest BCUT2D eigenvalue weighted by atomic mass is 9.73. The van der Waals surface area contributed by atoms with Crippen molar-refractivity contribution < 1.29 is 0 Å². The highest BCUT2D eigenvalue weighted by molar-refractivity contribution is 6.21. The highest BCUT2D eigenvalue weighted by Crippen LogP contribution is 2.42. The van der Waals surface area contributed by atoms with E-state index in [2.05, 4.69) is 174 Å². The van der Waals surface area contributed by atoms with E-state index in [4.69, 9.17) is 11.5 Å². The van der Waals surface area contributed by atoms with E-state index in [1.54, 1.807) is 0 Å². The Hall–Kier alpha value is -5.74. The predicted molar refractivity (Wildman–Crippen MR) is 216 cm³/mol. The Morgan fingerprint density at radius 2 is 1.20 bits per heavy atom. The first kappa shape index (κ1) is 31.3. The number of benzene rings is 6. The fourth-order valence-corrected chi connectivity index (χ4v) is 8.40. The molecule has 0 radical (unpaired) electrons. The van der Waals surface area contributed by atoms with Crippen molar-refractivity contribution in [3.05, 3.63) is 193 Å². The Bertz CT molecular complexity index is 2520. The molecule has 0 spiro atoms. The molecule has 0 amide bonds. The molecule has 9 rings (SSSR count). The van der Waals surface area contributed by atoms with Crippen LogP contribution in [0.5, 0.6) is 0 Å². The second kappa shape index (κ2) is 12.9. The molecule has 1 aromatic heterocycles. The molecule has 6 aromatic carbocycles. The van der Waals surface area contributed by atoms with Gasteiger partial charge in [-0.3, -0.25) is 0 Å². The van der Waals surface area contributed by atoms with Gasteiger partial charge < -0.3 is 16.0 Å². The highest BCUT2D eigenvalue weighted by Gasteiger charge is 2.40. The number of allylic oxidation sites excluding steroid dienone is 6. The lowest BCUT2D eigenvalue weighted by Gasteiger charge is -2.40. The Balaban J connectivity index is 1.21. The van der Waals surface area contributed by atoms with Crippen molar-refractivity contribution in [1.82, 2.24) is 4.57 Å². The van der Waals surface area contributed by atoms with Gasteiger partial charge in [0.05, 0.1) is 5.54 Å². The maximum absolute atomic E-state index is 7.81. The molecule has 3 unspecified atom stereocenters. The first-order chi connectivity index (χ1) is 25.1. The average Bonchev–Trinajstić information content (AvgIpc) is 3.51. The molecule has 2 aliphatic carbocycles. The van der Waals surface area contributed by atoms with Crippen LogP contribution in [0.4, 0.5) is 0 Å². The molecule has 51 heavy (non-hydrogen) atoms. The summed E-state index contributed by atoms with van der Waals surface area (Å²) in [6.07, 6.45) is 15.0. The summed E-state index contributed by atoms with van der Waals surface area (Å²) in [6, 6.07) is 50.1. The Kier molecular flexibility index (Phi) is 7.88. The van der Waals surface area contributed by atoms with Crippen molar-refractivity contribution in [3.63, 3.8) is 0 Å². The lowest BCUT2D eigenvalue weighted by molar-refractivity contribution is 0.268. The number of nitrogens with two attached hydrogens (primary N) is 2. The summed E-state index contributed by atoms with van der Waals surface area (Å²) in [7, 11) is 0. The quantitative estimate of drug-likeness (QED) is 0.179. The molecule has 3 nitrogen and oxygen atoms in total. The largest absolute Gasteiger partial charge is 0.338 e. The van der Waals surface area contributed by atoms with E-state index < -0.39 is 5.54 Å². The number of nitrogens with zero attached hydrogens (tertiary/aromatic N) is 1. The standard InChI is InChI=1S/C48H41N3/c49-44-18-10-9-17-43(44)48(50,40-27-23-36(24-28-40)34-13-5-2-6-14-34)32-51-45-30-26-38-15-7-8-16-41(38)47(45)42-29-25-39(31-46(42)51)37-21-19-35(20-22-37)33-11-3-1-4-12-33/h1-19,21,23-31,43-44H,20,22,32,49-50H2. The number of hydrogen-bond donors (Lipinski definition) is 2. The SMILES string of the molecule is NC1C=CC=CC1C(N)(Cn1c2cc(C3=CC=C(c4ccccc4)CC3)ccc2c2c3ccccc3ccc21)c1ccc(-c2ccccc2)cc1. The number of hydrogen-bond acceptors (Lipinski definition) is 2. The third kappa shape index (κ3) is 5.56. The zero-order valence-corrected chi connectivity index (χ0v) is 28.6. The molecule has 248 valence electrons. The normalized spacial score (nSPS) is 18.5. The molecule has 4 N–H and O–H groups in total. The maximum atomic E-state index is 7.81. The molecule has 0 saturated heterocycles. The lowest BCUT2D eigenvalue weighted by Crippen LogP contribution is -2.53. The van der Waals surface area contributed by atoms with Crippen LogP contribution in [0.15, 0.2) is 176 Å². The third-order valence-electron chi connectivity index (χ3n) is 11.1. The van der Waals surface area contributed by atoms with Gasteiger partial charge in [-0.15, -0.1) is 0 Å². The molecule has 2 aliphatic rings. The van der Waals surface area contributed by atoms with Crippen LogP contribution >= 0.6 is 0 Å². The summed E-state index contributed by atoms with van der Waals surface area (Å²) in [5.41, 5.74) is 25.0. The first-order valence-corrected chi connectivity index (χ1v) is 18.0. The van der Waals surface area contributed by atoms with Crippen LogP contribution in [0.2, 0.25) is 0 Å². The molecule has 3 atom stereocenters. The summed E-state index contributed by atoms with van der Waals surface area (Å²) in [4.78, 5) is 0. The summed E-state index contributed by atoms with van der Waals surface area (Å²) < 4.78 is 2.47. The number of aromatic nitrogens is 1. The van der Waals surface area contributed by atoms with E-state index in [1.807, 2.05) is 6.08 Å². The van der Waals surface area contributed by atoms with Crippen molar-refractivity contribution in [2.75, 3.05) is 0 Å². The average molecular weight is 660 g/mol. The molecule has 1 heterocycles. The summed E-state index contributed by atoms with van der Waals surface area (Å²) >= 11 is 0. The Morgan fingerprint density at radius 3 is 1.92 bits per heavy atom. The van der Waals surface area contributed by atoms with Crippen molar-refractivity contribution >= 4 is 43.7 Å². The molecule has 0 fully saturated rings. The van der Waals surface area contributed by atoms with Crippen LogP contribution < -0.4 is 11.5 Å². The van der Waals surface area contributed by atoms with Gasteiger partial charge in [-0.25, -0.2) is 0 Å². The molecule has 0 bridgehead atoms. The van der Waals surface area contributed by atoms with Gasteiger partial charge in [-0.05, 0) is 74.7 Å². The summed E-state index contributed by atoms with van der Waals surface area (Å²) in [5, 5.41) is 5.00. The van der Waals surface area contributed by atoms with Gasteiger partial charge in [0, 0.05) is 40.3 Å². The second-order valence-corrected chi connectivity index (χ2v) is 14.1. The number of rotatable bonds is 7. The van der Waals surface area contributed by atoms with Gasteiger partial charge >= 0.3 is 0 Å². The summed E-state index contributed by atoms with van der Waals surface area (Å²) in [6.45, 7) is 0.563. The smallest absolute Gasteiger partial charge is 0.0673 e. The van der Waals surface area contributed by atoms with Crippen molar-refractivity contribution in [1.29, 1.82) is 0 Å². The van der Waals surface area contributed by atoms with E-state index in [9.17, 15) is 0 Å². The minimum atomic E-state index is -0.798. The van der Waals surface area contributed by atoms with Crippen LogP contribution in [0.1, 0.15) is 29.5 Å². The molecule has 3 heteroatoms. The topological polar surface area (TPSA) is 57.0 Å². The molecule has 7 aromatic rings. The minimum absolute atomic E-state index is 0.108. The van der Waals surface area contributed by atoms with Crippen molar-refractivity contribution in [2.45, 2.75) is 31.0 Å². The minimum Gasteiger partial charge on any atom is -0.338 e. The summed E-state index contributed by atoms with van der Waals surface area (Å²) in [5.74, 6) is -0.108. The van der Waals surface area contributed by atoms with Crippen LogP contribution in [0.3, 0.4) is 0 Å². The molecular weight excluding hydrogens is 619 g/mol. The van der Waals surface area contributed by atoms with Crippen LogP contribution in [0.25, 0.3) is 54.9 Å². The first-order valence-electron chi connectivity index (χ1n) is 18.0. The predicted octanol–water partition coefficient (Wildman–Crippen LogP) is 10.8.